The van der Waals surface area contributed by atoms with Crippen LogP contribution >= 0.6 is 0 Å². The fourth-order valence-corrected chi connectivity index (χ4v) is 3.24. The summed E-state index contributed by atoms with van der Waals surface area (Å²) in [6, 6.07) is 9.43. The molecule has 0 aromatic heterocycles. The molecule has 1 fully saturated rings. The van der Waals surface area contributed by atoms with Crippen molar-refractivity contribution in [2.75, 3.05) is 13.6 Å². The monoisotopic (exact) mass is 258 g/mol. The van der Waals surface area contributed by atoms with Crippen molar-refractivity contribution in [1.82, 2.24) is 10.2 Å². The number of hydrogen-bond acceptors (Lipinski definition) is 2. The second kappa shape index (κ2) is 5.33. The van der Waals surface area contributed by atoms with Gasteiger partial charge in [-0.05, 0) is 50.3 Å². The van der Waals surface area contributed by atoms with E-state index in [2.05, 4.69) is 34.5 Å². The first-order chi connectivity index (χ1) is 9.31. The second-order valence-electron chi connectivity index (χ2n) is 5.67. The topological polar surface area (TPSA) is 32.3 Å². The van der Waals surface area contributed by atoms with Crippen LogP contribution in [0.2, 0.25) is 0 Å². The number of aryl methyl sites for hydroxylation is 1. The van der Waals surface area contributed by atoms with E-state index < -0.39 is 0 Å². The Bertz CT molecular complexity index is 468. The number of nitrogens with one attached hydrogen (secondary N) is 1. The summed E-state index contributed by atoms with van der Waals surface area (Å²) in [5.41, 5.74) is 2.81. The molecule has 1 aromatic rings. The summed E-state index contributed by atoms with van der Waals surface area (Å²) in [6.07, 6.45) is 5.81. The maximum Gasteiger partial charge on any atom is 0.237 e. The van der Waals surface area contributed by atoms with Gasteiger partial charge in [-0.3, -0.25) is 4.79 Å². The minimum Gasteiger partial charge on any atom is -0.332 e. The van der Waals surface area contributed by atoms with Crippen LogP contribution in [0.3, 0.4) is 0 Å². The summed E-state index contributed by atoms with van der Waals surface area (Å²) in [6.45, 7) is 0.454. The minimum atomic E-state index is 0.256. The number of nitrogens with zero attached hydrogens (tertiary/aromatic N) is 1. The summed E-state index contributed by atoms with van der Waals surface area (Å²) in [5, 5.41) is 3.00. The Kier molecular flexibility index (Phi) is 3.56. The molecule has 0 heterocycles. The number of likely N-dealkylation sites (N-methyl/N-ethyl adjacent to an activating group) is 1. The molecule has 1 unspecified atom stereocenters. The van der Waals surface area contributed by atoms with Crippen LogP contribution in [0.15, 0.2) is 24.3 Å². The lowest BCUT2D eigenvalue weighted by Crippen LogP contribution is -2.42. The minimum absolute atomic E-state index is 0.256. The van der Waals surface area contributed by atoms with Gasteiger partial charge >= 0.3 is 0 Å². The largest absolute Gasteiger partial charge is 0.332 e. The molecule has 3 rings (SSSR count). The second-order valence-corrected chi connectivity index (χ2v) is 5.67. The molecule has 0 radical (unpaired) electrons. The average Bonchev–Trinajstić information content (AvgIpc) is 3.24. The molecule has 2 aliphatic rings. The normalized spacial score (nSPS) is 21.8. The molecule has 102 valence electrons. The van der Waals surface area contributed by atoms with E-state index in [1.165, 1.54) is 30.4 Å². The third-order valence-electron chi connectivity index (χ3n) is 4.23. The van der Waals surface area contributed by atoms with Crippen LogP contribution in [0.1, 0.15) is 42.9 Å². The first kappa shape index (κ1) is 12.7. The highest BCUT2D eigenvalue weighted by Gasteiger charge is 2.38. The van der Waals surface area contributed by atoms with Gasteiger partial charge in [0.2, 0.25) is 5.91 Å². The van der Waals surface area contributed by atoms with Crippen molar-refractivity contribution in [3.8, 4) is 0 Å². The van der Waals surface area contributed by atoms with Crippen molar-refractivity contribution in [2.45, 2.75) is 44.2 Å². The molecule has 1 atom stereocenters. The number of carbonyl (C=O) groups is 1. The van der Waals surface area contributed by atoms with Crippen molar-refractivity contribution in [3.05, 3.63) is 35.4 Å². The van der Waals surface area contributed by atoms with Crippen LogP contribution in [0.4, 0.5) is 0 Å². The fourth-order valence-electron chi connectivity index (χ4n) is 3.24. The van der Waals surface area contributed by atoms with E-state index in [-0.39, 0.29) is 5.91 Å². The van der Waals surface area contributed by atoms with Gasteiger partial charge in [0.1, 0.15) is 0 Å². The third-order valence-corrected chi connectivity index (χ3v) is 4.23. The Morgan fingerprint density at radius 3 is 2.84 bits per heavy atom. The molecule has 0 bridgehead atoms. The van der Waals surface area contributed by atoms with Crippen molar-refractivity contribution < 1.29 is 4.79 Å². The van der Waals surface area contributed by atoms with Gasteiger partial charge in [0.05, 0.1) is 12.6 Å². The molecule has 3 heteroatoms. The van der Waals surface area contributed by atoms with Crippen LogP contribution in [-0.4, -0.2) is 30.4 Å². The van der Waals surface area contributed by atoms with E-state index in [9.17, 15) is 4.79 Å². The van der Waals surface area contributed by atoms with E-state index in [1.54, 1.807) is 0 Å². The Labute approximate surface area is 115 Å². The maximum atomic E-state index is 12.4. The third kappa shape index (κ3) is 2.52. The number of carbonyl (C=O) groups excluding carboxylic acids is 1. The standard InChI is InChI=1S/C16H22N2O/c1-17-11-16(19)18(13-9-10-13)15-8-4-6-12-5-2-3-7-14(12)15/h2-3,5,7,13,15,17H,4,6,8-11H2,1H3. The van der Waals surface area contributed by atoms with Gasteiger partial charge in [-0.25, -0.2) is 0 Å². The first-order valence-corrected chi connectivity index (χ1v) is 7.35. The van der Waals surface area contributed by atoms with Crippen molar-refractivity contribution >= 4 is 5.91 Å². The summed E-state index contributed by atoms with van der Waals surface area (Å²) < 4.78 is 0. The Morgan fingerprint density at radius 1 is 1.32 bits per heavy atom. The number of hydrogen-bond donors (Lipinski definition) is 1. The van der Waals surface area contributed by atoms with E-state index in [0.717, 1.165) is 12.8 Å². The van der Waals surface area contributed by atoms with Crippen molar-refractivity contribution in [2.24, 2.45) is 0 Å². The zero-order chi connectivity index (χ0) is 13.2. The molecule has 0 aliphatic heterocycles. The van der Waals surface area contributed by atoms with Crippen molar-refractivity contribution in [3.63, 3.8) is 0 Å². The molecule has 1 saturated carbocycles. The SMILES string of the molecule is CNCC(=O)N(C1CC1)C1CCCc2ccccc21. The van der Waals surface area contributed by atoms with Gasteiger partial charge in [-0.15, -0.1) is 0 Å². The van der Waals surface area contributed by atoms with E-state index in [0.29, 0.717) is 18.6 Å². The Balaban J connectivity index is 1.89. The van der Waals surface area contributed by atoms with Gasteiger partial charge in [-0.2, -0.15) is 0 Å². The predicted octanol–water partition coefficient (Wildman–Crippen LogP) is 2.27. The molecule has 1 amide bonds. The molecule has 0 spiro atoms. The molecular weight excluding hydrogens is 236 g/mol. The van der Waals surface area contributed by atoms with Gasteiger partial charge in [0.25, 0.3) is 0 Å². The number of fused-ring (bicyclic) bond motifs is 1. The van der Waals surface area contributed by atoms with Gasteiger partial charge in [-0.1, -0.05) is 24.3 Å². The Morgan fingerprint density at radius 2 is 2.11 bits per heavy atom. The highest BCUT2D eigenvalue weighted by Crippen LogP contribution is 2.40. The summed E-state index contributed by atoms with van der Waals surface area (Å²) in [4.78, 5) is 14.6. The zero-order valence-electron chi connectivity index (χ0n) is 11.6. The highest BCUT2D eigenvalue weighted by atomic mass is 16.2. The number of benzene rings is 1. The van der Waals surface area contributed by atoms with Gasteiger partial charge in [0.15, 0.2) is 0 Å². The van der Waals surface area contributed by atoms with Crippen LogP contribution in [0, 0.1) is 0 Å². The van der Waals surface area contributed by atoms with E-state index in [1.807, 2.05) is 7.05 Å². The molecule has 1 aromatic carbocycles. The first-order valence-electron chi connectivity index (χ1n) is 7.35. The van der Waals surface area contributed by atoms with Crippen LogP contribution < -0.4 is 5.32 Å². The number of amides is 1. The smallest absolute Gasteiger partial charge is 0.237 e. The van der Waals surface area contributed by atoms with Crippen LogP contribution in [-0.2, 0) is 11.2 Å². The van der Waals surface area contributed by atoms with E-state index >= 15 is 0 Å². The van der Waals surface area contributed by atoms with Crippen LogP contribution in [0.5, 0.6) is 0 Å². The van der Waals surface area contributed by atoms with Gasteiger partial charge in [0, 0.05) is 6.04 Å². The van der Waals surface area contributed by atoms with Crippen LogP contribution in [0.25, 0.3) is 0 Å². The van der Waals surface area contributed by atoms with Gasteiger partial charge < -0.3 is 10.2 Å². The molecule has 1 N–H and O–H groups in total. The highest BCUT2D eigenvalue weighted by molar-refractivity contribution is 5.79. The molecular formula is C16H22N2O. The fraction of sp³-hybridized carbons (Fsp3) is 0.562. The predicted molar refractivity (Wildman–Crippen MR) is 75.9 cm³/mol. The summed E-state index contributed by atoms with van der Waals surface area (Å²) in [7, 11) is 1.85. The molecule has 0 saturated heterocycles. The molecule has 3 nitrogen and oxygen atoms in total. The lowest BCUT2D eigenvalue weighted by atomic mass is 9.86. The summed E-state index contributed by atoms with van der Waals surface area (Å²) >= 11 is 0. The Hall–Kier alpha value is -1.35. The lowest BCUT2D eigenvalue weighted by molar-refractivity contribution is -0.133. The maximum absolute atomic E-state index is 12.4. The van der Waals surface area contributed by atoms with Crippen molar-refractivity contribution in [1.29, 1.82) is 0 Å². The number of rotatable bonds is 4. The summed E-state index contributed by atoms with van der Waals surface area (Å²) in [5.74, 6) is 0.256. The molecule has 19 heavy (non-hydrogen) atoms. The molecule has 2 aliphatic carbocycles. The van der Waals surface area contributed by atoms with E-state index in [4.69, 9.17) is 0 Å². The zero-order valence-corrected chi connectivity index (χ0v) is 11.6. The quantitative estimate of drug-likeness (QED) is 0.898. The lowest BCUT2D eigenvalue weighted by Gasteiger charge is -2.36. The average molecular weight is 258 g/mol.